The molecule has 0 aliphatic carbocycles. The second kappa shape index (κ2) is 8.24. The molecule has 2 aromatic heterocycles. The average Bonchev–Trinajstić information content (AvgIpc) is 3.09. The molecule has 0 saturated carbocycles. The maximum absolute atomic E-state index is 12.7. The zero-order valence-electron chi connectivity index (χ0n) is 14.1. The average molecular weight is 387 g/mol. The summed E-state index contributed by atoms with van der Waals surface area (Å²) >= 11 is 2.78. The minimum absolute atomic E-state index is 0.196. The molecule has 0 saturated heterocycles. The van der Waals surface area contributed by atoms with Gasteiger partial charge in [0.1, 0.15) is 0 Å². The first kappa shape index (κ1) is 18.3. The summed E-state index contributed by atoms with van der Waals surface area (Å²) in [5.41, 5.74) is 0.00201. The fraction of sp³-hybridized carbons (Fsp3) is 0.235. The lowest BCUT2D eigenvalue weighted by atomic mass is 10.1. The number of aromatic nitrogens is 4. The summed E-state index contributed by atoms with van der Waals surface area (Å²) in [5, 5.41) is 16.4. The number of fused-ring (bicyclic) bond motifs is 1. The van der Waals surface area contributed by atoms with Crippen LogP contribution in [0.5, 0.6) is 0 Å². The van der Waals surface area contributed by atoms with Gasteiger partial charge >= 0.3 is 0 Å². The zero-order valence-corrected chi connectivity index (χ0v) is 15.8. The number of thioether (sulfide) groups is 1. The molecular weight excluding hydrogens is 370 g/mol. The molecule has 1 N–H and O–H groups in total. The molecule has 134 valence electrons. The van der Waals surface area contributed by atoms with Gasteiger partial charge in [-0.05, 0) is 12.5 Å². The number of rotatable bonds is 7. The second-order valence-electron chi connectivity index (χ2n) is 5.35. The first-order valence-electron chi connectivity index (χ1n) is 8.02. The van der Waals surface area contributed by atoms with Gasteiger partial charge in [0.15, 0.2) is 10.0 Å². The van der Waals surface area contributed by atoms with E-state index in [1.807, 2.05) is 6.92 Å². The minimum atomic E-state index is -0.414. The Morgan fingerprint density at radius 1 is 1.35 bits per heavy atom. The van der Waals surface area contributed by atoms with Gasteiger partial charge in [-0.25, -0.2) is 4.68 Å². The van der Waals surface area contributed by atoms with Gasteiger partial charge < -0.3 is 0 Å². The number of aryl methyl sites for hydroxylation is 1. The lowest BCUT2D eigenvalue weighted by Crippen LogP contribution is -2.27. The maximum Gasteiger partial charge on any atom is 0.278 e. The standard InChI is InChI=1S/C17H17N5O2S2/c1-3-9-22-15(24)12-8-6-5-7-11(12)13(21-22)14(23)18-16-19-20-17(26-16)25-10-4-2/h4-8H,2-3,9-10H2,1H3,(H,18,19,23). The monoisotopic (exact) mass is 387 g/mol. The molecule has 0 unspecified atom stereocenters. The molecule has 26 heavy (non-hydrogen) atoms. The van der Waals surface area contributed by atoms with Crippen LogP contribution < -0.4 is 10.9 Å². The molecule has 1 amide bonds. The minimum Gasteiger partial charge on any atom is -0.295 e. The quantitative estimate of drug-likeness (QED) is 0.380. The highest BCUT2D eigenvalue weighted by Gasteiger charge is 2.18. The molecule has 0 radical (unpaired) electrons. The van der Waals surface area contributed by atoms with Crippen LogP contribution in [0.15, 0.2) is 46.1 Å². The Morgan fingerprint density at radius 3 is 2.85 bits per heavy atom. The molecule has 0 bridgehead atoms. The van der Waals surface area contributed by atoms with Crippen LogP contribution in [0.25, 0.3) is 10.8 Å². The van der Waals surface area contributed by atoms with Crippen LogP contribution in [0.1, 0.15) is 23.8 Å². The third-order valence-corrected chi connectivity index (χ3v) is 5.44. The van der Waals surface area contributed by atoms with E-state index in [1.165, 1.54) is 27.8 Å². The first-order valence-corrected chi connectivity index (χ1v) is 9.82. The van der Waals surface area contributed by atoms with Crippen LogP contribution in [0, 0.1) is 0 Å². The molecule has 1 aromatic carbocycles. The summed E-state index contributed by atoms with van der Waals surface area (Å²) in [7, 11) is 0. The molecule has 2 heterocycles. The van der Waals surface area contributed by atoms with Crippen molar-refractivity contribution < 1.29 is 4.79 Å². The molecule has 3 aromatic rings. The molecule has 7 nitrogen and oxygen atoms in total. The number of amides is 1. The second-order valence-corrected chi connectivity index (χ2v) is 7.59. The lowest BCUT2D eigenvalue weighted by molar-refractivity contribution is 0.102. The molecule has 0 fully saturated rings. The number of carbonyl (C=O) groups excluding carboxylic acids is 1. The summed E-state index contributed by atoms with van der Waals surface area (Å²) in [5.74, 6) is 0.305. The number of hydrogen-bond donors (Lipinski definition) is 1. The Morgan fingerprint density at radius 2 is 2.12 bits per heavy atom. The Balaban J connectivity index is 1.94. The first-order chi connectivity index (χ1) is 12.6. The summed E-state index contributed by atoms with van der Waals surface area (Å²) < 4.78 is 2.08. The molecule has 0 aliphatic heterocycles. The summed E-state index contributed by atoms with van der Waals surface area (Å²) in [6, 6.07) is 6.98. The number of nitrogens with zero attached hydrogens (tertiary/aromatic N) is 4. The summed E-state index contributed by atoms with van der Waals surface area (Å²) in [6.07, 6.45) is 2.52. The number of carbonyl (C=O) groups is 1. The fourth-order valence-corrected chi connectivity index (χ4v) is 3.88. The smallest absolute Gasteiger partial charge is 0.278 e. The Labute approximate surface area is 158 Å². The number of benzene rings is 1. The maximum atomic E-state index is 12.7. The fourth-order valence-electron chi connectivity index (χ4n) is 2.37. The van der Waals surface area contributed by atoms with E-state index < -0.39 is 5.91 Å². The van der Waals surface area contributed by atoms with Gasteiger partial charge in [0.25, 0.3) is 11.5 Å². The summed E-state index contributed by atoms with van der Waals surface area (Å²) in [4.78, 5) is 25.2. The van der Waals surface area contributed by atoms with E-state index in [9.17, 15) is 9.59 Å². The van der Waals surface area contributed by atoms with Crippen molar-refractivity contribution in [1.82, 2.24) is 20.0 Å². The van der Waals surface area contributed by atoms with Crippen LogP contribution in [-0.4, -0.2) is 31.6 Å². The number of nitrogens with one attached hydrogen (secondary N) is 1. The van der Waals surface area contributed by atoms with Crippen molar-refractivity contribution in [2.24, 2.45) is 0 Å². The van der Waals surface area contributed by atoms with Gasteiger partial charge in [-0.3, -0.25) is 14.9 Å². The van der Waals surface area contributed by atoms with Gasteiger partial charge in [-0.1, -0.05) is 54.3 Å². The summed E-state index contributed by atoms with van der Waals surface area (Å²) in [6.45, 7) is 6.06. The Hall–Kier alpha value is -2.52. The van der Waals surface area contributed by atoms with Crippen LogP contribution in [0.4, 0.5) is 5.13 Å². The van der Waals surface area contributed by atoms with E-state index in [0.717, 1.165) is 16.5 Å². The van der Waals surface area contributed by atoms with Gasteiger partial charge in [0.2, 0.25) is 5.13 Å². The van der Waals surface area contributed by atoms with Crippen LogP contribution in [0.2, 0.25) is 0 Å². The van der Waals surface area contributed by atoms with E-state index in [2.05, 4.69) is 27.2 Å². The largest absolute Gasteiger partial charge is 0.295 e. The van der Waals surface area contributed by atoms with Crippen molar-refractivity contribution in [2.45, 2.75) is 24.2 Å². The van der Waals surface area contributed by atoms with Crippen molar-refractivity contribution in [1.29, 1.82) is 0 Å². The predicted molar refractivity (Wildman–Crippen MR) is 105 cm³/mol. The molecule has 3 rings (SSSR count). The van der Waals surface area contributed by atoms with Crippen molar-refractivity contribution in [3.8, 4) is 0 Å². The Kier molecular flexibility index (Phi) is 5.79. The van der Waals surface area contributed by atoms with Crippen molar-refractivity contribution in [2.75, 3.05) is 11.1 Å². The third-order valence-electron chi connectivity index (χ3n) is 3.47. The normalized spacial score (nSPS) is 10.8. The highest BCUT2D eigenvalue weighted by molar-refractivity contribution is 8.01. The van der Waals surface area contributed by atoms with E-state index in [-0.39, 0.29) is 11.3 Å². The molecule has 0 spiro atoms. The van der Waals surface area contributed by atoms with Crippen LogP contribution in [0.3, 0.4) is 0 Å². The third kappa shape index (κ3) is 3.83. The lowest BCUT2D eigenvalue weighted by Gasteiger charge is -2.09. The van der Waals surface area contributed by atoms with Gasteiger partial charge in [0, 0.05) is 17.7 Å². The van der Waals surface area contributed by atoms with Crippen molar-refractivity contribution >= 4 is 44.9 Å². The van der Waals surface area contributed by atoms with Gasteiger partial charge in [-0.15, -0.1) is 16.8 Å². The molecule has 0 atom stereocenters. The van der Waals surface area contributed by atoms with Crippen molar-refractivity contribution in [3.05, 3.63) is 53.0 Å². The molecule has 0 aliphatic rings. The van der Waals surface area contributed by atoms with Crippen LogP contribution in [-0.2, 0) is 6.54 Å². The number of hydrogen-bond acceptors (Lipinski definition) is 7. The highest BCUT2D eigenvalue weighted by atomic mass is 32.2. The predicted octanol–water partition coefficient (Wildman–Crippen LogP) is 3.19. The van der Waals surface area contributed by atoms with E-state index >= 15 is 0 Å². The highest BCUT2D eigenvalue weighted by Crippen LogP contribution is 2.26. The molecular formula is C17H17N5O2S2. The SMILES string of the molecule is C=CCSc1nnc(NC(=O)c2nn(CCC)c(=O)c3ccccc23)s1. The van der Waals surface area contributed by atoms with E-state index in [0.29, 0.717) is 22.4 Å². The zero-order chi connectivity index (χ0) is 18.5. The molecule has 9 heteroatoms. The Bertz CT molecular complexity index is 1010. The van der Waals surface area contributed by atoms with Crippen molar-refractivity contribution in [3.63, 3.8) is 0 Å². The van der Waals surface area contributed by atoms with E-state index in [1.54, 1.807) is 30.3 Å². The topological polar surface area (TPSA) is 89.8 Å². The number of anilines is 1. The van der Waals surface area contributed by atoms with E-state index in [4.69, 9.17) is 0 Å². The van der Waals surface area contributed by atoms with Gasteiger partial charge in [-0.2, -0.15) is 5.10 Å². The van der Waals surface area contributed by atoms with Crippen LogP contribution >= 0.6 is 23.1 Å². The van der Waals surface area contributed by atoms with Gasteiger partial charge in [0.05, 0.1) is 5.39 Å².